The second-order valence-electron chi connectivity index (χ2n) is 3.84. The molecule has 4 nitrogen and oxygen atoms in total. The molecule has 1 N–H and O–H groups in total. The van der Waals surface area contributed by atoms with Crippen molar-refractivity contribution >= 4 is 23.3 Å². The number of nitrogens with zero attached hydrogens (tertiary/aromatic N) is 2. The fourth-order valence-corrected chi connectivity index (χ4v) is 1.52. The standard InChI is InChI=1S/C10H12ClN3O/c1-6(7-2-3-7)10(15)14-9-5-12-8(11)4-13-9/h4-7H,2-3H2,1H3,(H,13,14,15). The molecule has 0 spiro atoms. The smallest absolute Gasteiger partial charge is 0.228 e. The van der Waals surface area contributed by atoms with E-state index in [1.807, 2.05) is 6.92 Å². The topological polar surface area (TPSA) is 54.9 Å². The Labute approximate surface area is 93.1 Å². The summed E-state index contributed by atoms with van der Waals surface area (Å²) >= 11 is 5.58. The first kappa shape index (κ1) is 10.4. The summed E-state index contributed by atoms with van der Waals surface area (Å²) < 4.78 is 0. The van der Waals surface area contributed by atoms with Gasteiger partial charge < -0.3 is 5.32 Å². The number of carbonyl (C=O) groups is 1. The molecule has 80 valence electrons. The molecule has 1 aromatic rings. The van der Waals surface area contributed by atoms with Crippen molar-refractivity contribution in [3.63, 3.8) is 0 Å². The molecule has 1 aromatic heterocycles. The number of aromatic nitrogens is 2. The molecule has 2 rings (SSSR count). The van der Waals surface area contributed by atoms with Crippen molar-refractivity contribution in [3.05, 3.63) is 17.5 Å². The highest BCUT2D eigenvalue weighted by molar-refractivity contribution is 6.29. The van der Waals surface area contributed by atoms with Crippen molar-refractivity contribution < 1.29 is 4.79 Å². The number of nitrogens with one attached hydrogen (secondary N) is 1. The van der Waals surface area contributed by atoms with Crippen LogP contribution in [0.3, 0.4) is 0 Å². The predicted octanol–water partition coefficient (Wildman–Crippen LogP) is 2.11. The number of rotatable bonds is 3. The molecule has 0 bridgehead atoms. The first-order valence-corrected chi connectivity index (χ1v) is 5.33. The monoisotopic (exact) mass is 225 g/mol. The quantitative estimate of drug-likeness (QED) is 0.857. The summed E-state index contributed by atoms with van der Waals surface area (Å²) in [6.45, 7) is 1.94. The van der Waals surface area contributed by atoms with Gasteiger partial charge >= 0.3 is 0 Å². The maximum atomic E-state index is 11.7. The summed E-state index contributed by atoms with van der Waals surface area (Å²) in [6.07, 6.45) is 5.18. The Kier molecular flexibility index (Phi) is 2.86. The molecule has 0 saturated heterocycles. The average Bonchev–Trinajstić information content (AvgIpc) is 3.04. The number of carbonyl (C=O) groups excluding carboxylic acids is 1. The Morgan fingerprint density at radius 1 is 1.53 bits per heavy atom. The van der Waals surface area contributed by atoms with E-state index in [1.165, 1.54) is 12.4 Å². The minimum atomic E-state index is 0.00845. The molecule has 1 fully saturated rings. The first-order chi connectivity index (χ1) is 7.16. The Hall–Kier alpha value is -1.16. The molecule has 5 heteroatoms. The van der Waals surface area contributed by atoms with Crippen molar-refractivity contribution in [1.82, 2.24) is 9.97 Å². The van der Waals surface area contributed by atoms with Gasteiger partial charge in [0.15, 0.2) is 5.82 Å². The lowest BCUT2D eigenvalue weighted by Gasteiger charge is -2.09. The zero-order valence-electron chi connectivity index (χ0n) is 8.40. The third-order valence-electron chi connectivity index (χ3n) is 2.61. The molecule has 1 saturated carbocycles. The Balaban J connectivity index is 1.95. The fourth-order valence-electron chi connectivity index (χ4n) is 1.43. The third-order valence-corrected chi connectivity index (χ3v) is 2.81. The van der Waals surface area contributed by atoms with Crippen molar-refractivity contribution in [2.75, 3.05) is 5.32 Å². The van der Waals surface area contributed by atoms with E-state index in [9.17, 15) is 4.79 Å². The Morgan fingerprint density at radius 2 is 2.27 bits per heavy atom. The lowest BCUT2D eigenvalue weighted by atomic mass is 10.1. The Bertz CT molecular complexity index is 361. The van der Waals surface area contributed by atoms with Crippen LogP contribution in [0.2, 0.25) is 5.15 Å². The molecule has 1 aliphatic carbocycles. The minimum Gasteiger partial charge on any atom is -0.309 e. The van der Waals surface area contributed by atoms with E-state index >= 15 is 0 Å². The van der Waals surface area contributed by atoms with Gasteiger partial charge in [0.25, 0.3) is 0 Å². The van der Waals surface area contributed by atoms with Gasteiger partial charge in [0.05, 0.1) is 12.4 Å². The van der Waals surface area contributed by atoms with E-state index in [-0.39, 0.29) is 11.8 Å². The van der Waals surface area contributed by atoms with E-state index in [1.54, 1.807) is 0 Å². The van der Waals surface area contributed by atoms with Gasteiger partial charge in [0.1, 0.15) is 5.15 Å². The lowest BCUT2D eigenvalue weighted by Crippen LogP contribution is -2.22. The molecule has 1 heterocycles. The van der Waals surface area contributed by atoms with Crippen LogP contribution in [-0.4, -0.2) is 15.9 Å². The van der Waals surface area contributed by atoms with E-state index < -0.39 is 0 Å². The normalized spacial score (nSPS) is 17.2. The number of hydrogen-bond acceptors (Lipinski definition) is 3. The van der Waals surface area contributed by atoms with Crippen molar-refractivity contribution in [2.24, 2.45) is 11.8 Å². The summed E-state index contributed by atoms with van der Waals surface area (Å²) in [5.41, 5.74) is 0. The van der Waals surface area contributed by atoms with Gasteiger partial charge in [-0.1, -0.05) is 18.5 Å². The molecule has 1 amide bonds. The zero-order chi connectivity index (χ0) is 10.8. The van der Waals surface area contributed by atoms with Crippen LogP contribution in [0.1, 0.15) is 19.8 Å². The molecular formula is C10H12ClN3O. The van der Waals surface area contributed by atoms with Crippen molar-refractivity contribution in [1.29, 1.82) is 0 Å². The van der Waals surface area contributed by atoms with Crippen LogP contribution in [0.15, 0.2) is 12.4 Å². The molecule has 0 aliphatic heterocycles. The van der Waals surface area contributed by atoms with Crippen LogP contribution < -0.4 is 5.32 Å². The highest BCUT2D eigenvalue weighted by Crippen LogP contribution is 2.36. The van der Waals surface area contributed by atoms with Crippen LogP contribution in [0, 0.1) is 11.8 Å². The minimum absolute atomic E-state index is 0.00845. The lowest BCUT2D eigenvalue weighted by molar-refractivity contribution is -0.119. The number of hydrogen-bond donors (Lipinski definition) is 1. The van der Waals surface area contributed by atoms with Crippen molar-refractivity contribution in [2.45, 2.75) is 19.8 Å². The summed E-state index contributed by atoms with van der Waals surface area (Å²) in [5.74, 6) is 1.07. The van der Waals surface area contributed by atoms with Crippen molar-refractivity contribution in [3.8, 4) is 0 Å². The molecule has 15 heavy (non-hydrogen) atoms. The van der Waals surface area contributed by atoms with Crippen LogP contribution in [0.5, 0.6) is 0 Å². The van der Waals surface area contributed by atoms with Gasteiger partial charge in [-0.05, 0) is 18.8 Å². The molecule has 1 unspecified atom stereocenters. The number of anilines is 1. The Morgan fingerprint density at radius 3 is 2.80 bits per heavy atom. The third kappa shape index (κ3) is 2.65. The van der Waals surface area contributed by atoms with E-state index in [0.717, 1.165) is 12.8 Å². The van der Waals surface area contributed by atoms with Gasteiger partial charge in [-0.15, -0.1) is 0 Å². The number of halogens is 1. The van der Waals surface area contributed by atoms with Crippen LogP contribution in [-0.2, 0) is 4.79 Å². The second-order valence-corrected chi connectivity index (χ2v) is 4.23. The largest absolute Gasteiger partial charge is 0.309 e. The maximum absolute atomic E-state index is 11.7. The van der Waals surface area contributed by atoms with Gasteiger partial charge in [0.2, 0.25) is 5.91 Å². The van der Waals surface area contributed by atoms with Gasteiger partial charge in [-0.3, -0.25) is 4.79 Å². The average molecular weight is 226 g/mol. The predicted molar refractivity (Wildman–Crippen MR) is 57.6 cm³/mol. The van der Waals surface area contributed by atoms with E-state index in [4.69, 9.17) is 11.6 Å². The zero-order valence-corrected chi connectivity index (χ0v) is 9.16. The van der Waals surface area contributed by atoms with Crippen LogP contribution >= 0.6 is 11.6 Å². The highest BCUT2D eigenvalue weighted by Gasteiger charge is 2.32. The molecule has 0 radical (unpaired) electrons. The SMILES string of the molecule is CC(C(=O)Nc1cnc(Cl)cn1)C1CC1. The van der Waals surface area contributed by atoms with Gasteiger partial charge in [0, 0.05) is 5.92 Å². The number of amides is 1. The van der Waals surface area contributed by atoms with Crippen LogP contribution in [0.25, 0.3) is 0 Å². The van der Waals surface area contributed by atoms with E-state index in [0.29, 0.717) is 16.9 Å². The fraction of sp³-hybridized carbons (Fsp3) is 0.500. The second kappa shape index (κ2) is 4.14. The van der Waals surface area contributed by atoms with E-state index in [2.05, 4.69) is 15.3 Å². The first-order valence-electron chi connectivity index (χ1n) is 4.95. The molecule has 1 atom stereocenters. The summed E-state index contributed by atoms with van der Waals surface area (Å²) in [7, 11) is 0. The maximum Gasteiger partial charge on any atom is 0.228 e. The highest BCUT2D eigenvalue weighted by atomic mass is 35.5. The van der Waals surface area contributed by atoms with Gasteiger partial charge in [-0.2, -0.15) is 0 Å². The summed E-state index contributed by atoms with van der Waals surface area (Å²) in [5, 5.41) is 3.04. The van der Waals surface area contributed by atoms with Gasteiger partial charge in [-0.25, -0.2) is 9.97 Å². The summed E-state index contributed by atoms with van der Waals surface area (Å²) in [6, 6.07) is 0. The molecular weight excluding hydrogens is 214 g/mol. The summed E-state index contributed by atoms with van der Waals surface area (Å²) in [4.78, 5) is 19.5. The van der Waals surface area contributed by atoms with Crippen LogP contribution in [0.4, 0.5) is 5.82 Å². The molecule has 1 aliphatic rings. The molecule has 0 aromatic carbocycles.